The summed E-state index contributed by atoms with van der Waals surface area (Å²) in [6.07, 6.45) is 0. The molecule has 30 heavy (non-hydrogen) atoms. The van der Waals surface area contributed by atoms with Gasteiger partial charge in [-0.2, -0.15) is 0 Å². The Balaban J connectivity index is 1.67. The van der Waals surface area contributed by atoms with Gasteiger partial charge >= 0.3 is 0 Å². The SMILES string of the molecule is Cc1ccc(CN(C)C)cc1NC(=O)c1nc(-c2cccs2)n(-c2ccccc2)n1. The first kappa shape index (κ1) is 20.0. The van der Waals surface area contributed by atoms with Gasteiger partial charge in [-0.3, -0.25) is 4.79 Å². The minimum absolute atomic E-state index is 0.139. The molecule has 0 unspecified atom stereocenters. The number of anilines is 1. The smallest absolute Gasteiger partial charge is 0.295 e. The fraction of sp³-hybridized carbons (Fsp3) is 0.174. The maximum atomic E-state index is 13.0. The van der Waals surface area contributed by atoms with Gasteiger partial charge in [-0.05, 0) is 61.8 Å². The van der Waals surface area contributed by atoms with Crippen molar-refractivity contribution in [1.29, 1.82) is 0 Å². The van der Waals surface area contributed by atoms with E-state index >= 15 is 0 Å². The van der Waals surface area contributed by atoms with E-state index in [2.05, 4.69) is 26.4 Å². The molecule has 0 fully saturated rings. The van der Waals surface area contributed by atoms with Crippen LogP contribution in [0, 0.1) is 6.92 Å². The van der Waals surface area contributed by atoms with E-state index in [1.807, 2.05) is 81.0 Å². The minimum atomic E-state index is -0.326. The van der Waals surface area contributed by atoms with Crippen molar-refractivity contribution in [2.24, 2.45) is 0 Å². The van der Waals surface area contributed by atoms with Crippen LogP contribution in [0.5, 0.6) is 0 Å². The summed E-state index contributed by atoms with van der Waals surface area (Å²) < 4.78 is 1.72. The maximum absolute atomic E-state index is 13.0. The van der Waals surface area contributed by atoms with Crippen LogP contribution in [0.1, 0.15) is 21.7 Å². The maximum Gasteiger partial charge on any atom is 0.295 e. The molecule has 2 aromatic carbocycles. The summed E-state index contributed by atoms with van der Waals surface area (Å²) in [5, 5.41) is 9.49. The number of hydrogen-bond acceptors (Lipinski definition) is 5. The molecule has 0 radical (unpaired) electrons. The number of nitrogens with one attached hydrogen (secondary N) is 1. The van der Waals surface area contributed by atoms with Crippen LogP contribution in [0.15, 0.2) is 66.0 Å². The van der Waals surface area contributed by atoms with Crippen LogP contribution in [0.25, 0.3) is 16.4 Å². The molecule has 2 heterocycles. The Morgan fingerprint density at radius 1 is 1.10 bits per heavy atom. The number of carbonyl (C=O) groups excluding carboxylic acids is 1. The number of nitrogens with zero attached hydrogens (tertiary/aromatic N) is 4. The lowest BCUT2D eigenvalue weighted by Crippen LogP contribution is -2.16. The van der Waals surface area contributed by atoms with Crippen LogP contribution in [0.4, 0.5) is 5.69 Å². The number of para-hydroxylation sites is 1. The number of aromatic nitrogens is 3. The van der Waals surface area contributed by atoms with Crippen molar-refractivity contribution in [1.82, 2.24) is 19.7 Å². The van der Waals surface area contributed by atoms with Gasteiger partial charge in [0.1, 0.15) is 0 Å². The van der Waals surface area contributed by atoms with Gasteiger partial charge in [-0.25, -0.2) is 9.67 Å². The Morgan fingerprint density at radius 3 is 2.60 bits per heavy atom. The first-order valence-corrected chi connectivity index (χ1v) is 10.5. The molecular formula is C23H23N5OS. The van der Waals surface area contributed by atoms with Gasteiger partial charge in [0.25, 0.3) is 5.91 Å². The number of hydrogen-bond donors (Lipinski definition) is 1. The lowest BCUT2D eigenvalue weighted by atomic mass is 10.1. The fourth-order valence-corrected chi connectivity index (χ4v) is 3.87. The number of aryl methyl sites for hydroxylation is 1. The highest BCUT2D eigenvalue weighted by Crippen LogP contribution is 2.26. The first-order valence-electron chi connectivity index (χ1n) is 9.63. The van der Waals surface area contributed by atoms with Crippen molar-refractivity contribution in [2.45, 2.75) is 13.5 Å². The van der Waals surface area contributed by atoms with Crippen LogP contribution in [-0.4, -0.2) is 39.7 Å². The summed E-state index contributed by atoms with van der Waals surface area (Å²) in [5.74, 6) is 0.465. The Labute approximate surface area is 179 Å². The molecule has 0 bridgehead atoms. The quantitative estimate of drug-likeness (QED) is 0.497. The second-order valence-corrected chi connectivity index (χ2v) is 8.27. The Morgan fingerprint density at radius 2 is 1.90 bits per heavy atom. The van der Waals surface area contributed by atoms with Crippen LogP contribution in [-0.2, 0) is 6.54 Å². The van der Waals surface area contributed by atoms with Crippen LogP contribution >= 0.6 is 11.3 Å². The molecule has 1 N–H and O–H groups in total. The predicted molar refractivity (Wildman–Crippen MR) is 121 cm³/mol. The largest absolute Gasteiger partial charge is 0.319 e. The number of benzene rings is 2. The average Bonchev–Trinajstić information content (AvgIpc) is 3.40. The van der Waals surface area contributed by atoms with Gasteiger partial charge in [0.2, 0.25) is 5.82 Å². The highest BCUT2D eigenvalue weighted by atomic mass is 32.1. The molecule has 7 heteroatoms. The molecule has 0 saturated carbocycles. The fourth-order valence-electron chi connectivity index (χ4n) is 3.17. The molecular weight excluding hydrogens is 394 g/mol. The Hall–Kier alpha value is -3.29. The van der Waals surface area contributed by atoms with Crippen molar-refractivity contribution in [2.75, 3.05) is 19.4 Å². The zero-order valence-electron chi connectivity index (χ0n) is 17.2. The third-order valence-electron chi connectivity index (χ3n) is 4.60. The van der Waals surface area contributed by atoms with E-state index < -0.39 is 0 Å². The molecule has 4 rings (SSSR count). The molecule has 4 aromatic rings. The molecule has 0 spiro atoms. The molecule has 0 aliphatic heterocycles. The lowest BCUT2D eigenvalue weighted by Gasteiger charge is -2.13. The third-order valence-corrected chi connectivity index (χ3v) is 5.47. The normalized spacial score (nSPS) is 11.1. The molecule has 0 aliphatic rings. The summed E-state index contributed by atoms with van der Waals surface area (Å²) in [7, 11) is 4.04. The van der Waals surface area contributed by atoms with Crippen LogP contribution in [0.3, 0.4) is 0 Å². The van der Waals surface area contributed by atoms with E-state index in [0.29, 0.717) is 5.82 Å². The van der Waals surface area contributed by atoms with Gasteiger partial charge < -0.3 is 10.2 Å². The summed E-state index contributed by atoms with van der Waals surface area (Å²) in [6, 6.07) is 19.7. The molecule has 0 atom stereocenters. The van der Waals surface area contributed by atoms with Gasteiger partial charge in [-0.1, -0.05) is 36.4 Å². The van der Waals surface area contributed by atoms with E-state index in [9.17, 15) is 4.79 Å². The number of carbonyl (C=O) groups is 1. The zero-order valence-corrected chi connectivity index (χ0v) is 18.0. The molecule has 2 aromatic heterocycles. The molecule has 152 valence electrons. The topological polar surface area (TPSA) is 63.1 Å². The monoisotopic (exact) mass is 417 g/mol. The summed E-state index contributed by atoms with van der Waals surface area (Å²) in [5.41, 5.74) is 3.75. The molecule has 0 saturated heterocycles. The Kier molecular flexibility index (Phi) is 5.74. The molecule has 6 nitrogen and oxygen atoms in total. The second-order valence-electron chi connectivity index (χ2n) is 7.32. The van der Waals surface area contributed by atoms with Gasteiger partial charge in [0.05, 0.1) is 10.6 Å². The van der Waals surface area contributed by atoms with Gasteiger partial charge in [0, 0.05) is 12.2 Å². The number of rotatable bonds is 6. The van der Waals surface area contributed by atoms with E-state index in [1.54, 1.807) is 16.0 Å². The summed E-state index contributed by atoms with van der Waals surface area (Å²) >= 11 is 1.56. The molecule has 1 amide bonds. The number of thiophene rings is 1. The molecule has 0 aliphatic carbocycles. The van der Waals surface area contributed by atoms with Crippen molar-refractivity contribution in [3.8, 4) is 16.4 Å². The van der Waals surface area contributed by atoms with Crippen LogP contribution < -0.4 is 5.32 Å². The summed E-state index contributed by atoms with van der Waals surface area (Å²) in [6.45, 7) is 2.77. The van der Waals surface area contributed by atoms with E-state index in [4.69, 9.17) is 0 Å². The standard InChI is InChI=1S/C23H23N5OS/c1-16-11-12-17(15-27(2)3)14-19(16)24-23(29)21-25-22(20-10-7-13-30-20)28(26-21)18-8-5-4-6-9-18/h4-14H,15H2,1-3H3,(H,24,29). The van der Waals surface area contributed by atoms with E-state index in [-0.39, 0.29) is 11.7 Å². The third kappa shape index (κ3) is 4.32. The average molecular weight is 418 g/mol. The van der Waals surface area contributed by atoms with Gasteiger partial charge in [0.15, 0.2) is 5.82 Å². The highest BCUT2D eigenvalue weighted by molar-refractivity contribution is 7.13. The lowest BCUT2D eigenvalue weighted by molar-refractivity contribution is 0.101. The minimum Gasteiger partial charge on any atom is -0.319 e. The predicted octanol–water partition coefficient (Wildman–Crippen LogP) is 4.62. The van der Waals surface area contributed by atoms with Crippen molar-refractivity contribution < 1.29 is 4.79 Å². The van der Waals surface area contributed by atoms with Gasteiger partial charge in [-0.15, -0.1) is 16.4 Å². The summed E-state index contributed by atoms with van der Waals surface area (Å²) in [4.78, 5) is 20.6. The van der Waals surface area contributed by atoms with Crippen molar-refractivity contribution in [3.63, 3.8) is 0 Å². The highest BCUT2D eigenvalue weighted by Gasteiger charge is 2.20. The van der Waals surface area contributed by atoms with Crippen molar-refractivity contribution >= 4 is 22.9 Å². The van der Waals surface area contributed by atoms with E-state index in [1.165, 1.54) is 0 Å². The zero-order chi connectivity index (χ0) is 21.1. The van der Waals surface area contributed by atoms with Crippen LogP contribution in [0.2, 0.25) is 0 Å². The van der Waals surface area contributed by atoms with Crippen molar-refractivity contribution in [3.05, 3.63) is 83.0 Å². The first-order chi connectivity index (χ1) is 14.5. The van der Waals surface area contributed by atoms with E-state index in [0.717, 1.165) is 33.9 Å². The Bertz CT molecular complexity index is 1150. The second kappa shape index (κ2) is 8.61. The number of amides is 1.